The maximum atomic E-state index is 12.3. The predicted molar refractivity (Wildman–Crippen MR) is 109 cm³/mol. The number of nitrogens with zero attached hydrogens (tertiary/aromatic N) is 2. The number of aliphatic hydroxyl groups is 6. The van der Waals surface area contributed by atoms with Crippen molar-refractivity contribution in [1.82, 2.24) is 20.4 Å². The molecule has 8 atom stereocenters. The van der Waals surface area contributed by atoms with Crippen LogP contribution in [0, 0.1) is 0 Å². The summed E-state index contributed by atoms with van der Waals surface area (Å²) in [6.07, 6.45) is -8.80. The summed E-state index contributed by atoms with van der Waals surface area (Å²) < 4.78 is 0. The SMILES string of the molecule is CCCN1C(=O)[C@H](O)[C@@H](O)[C@H](O)[C@H]1CNC(=O)NC[C@@H]1[C@@H](O)[C@H](O)[C@@H](O)C(=O)N1CCC. The first-order chi connectivity index (χ1) is 15.1. The molecule has 2 saturated heterocycles. The summed E-state index contributed by atoms with van der Waals surface area (Å²) in [4.78, 5) is 39.2. The molecule has 4 amide bonds. The van der Waals surface area contributed by atoms with Crippen LogP contribution in [-0.2, 0) is 9.59 Å². The number of urea groups is 1. The summed E-state index contributed by atoms with van der Waals surface area (Å²) in [6, 6.07) is -2.68. The van der Waals surface area contributed by atoms with Gasteiger partial charge in [-0.15, -0.1) is 0 Å². The number of aliphatic hydroxyl groups excluding tert-OH is 6. The van der Waals surface area contributed by atoms with Crippen LogP contribution in [0.25, 0.3) is 0 Å². The summed E-state index contributed by atoms with van der Waals surface area (Å²) >= 11 is 0. The van der Waals surface area contributed by atoms with Crippen molar-refractivity contribution < 1.29 is 45.0 Å². The fourth-order valence-corrected chi connectivity index (χ4v) is 4.11. The second kappa shape index (κ2) is 11.2. The van der Waals surface area contributed by atoms with Gasteiger partial charge in [0.1, 0.15) is 24.4 Å². The first kappa shape index (κ1) is 26.2. The minimum atomic E-state index is -1.75. The van der Waals surface area contributed by atoms with E-state index in [1.165, 1.54) is 9.80 Å². The minimum Gasteiger partial charge on any atom is -0.388 e. The van der Waals surface area contributed by atoms with Crippen molar-refractivity contribution in [1.29, 1.82) is 0 Å². The molecule has 13 nitrogen and oxygen atoms in total. The van der Waals surface area contributed by atoms with Gasteiger partial charge in [0.15, 0.2) is 12.2 Å². The van der Waals surface area contributed by atoms with Crippen LogP contribution in [0.2, 0.25) is 0 Å². The Morgan fingerprint density at radius 2 is 1.06 bits per heavy atom. The first-order valence-electron chi connectivity index (χ1n) is 10.8. The molecule has 32 heavy (non-hydrogen) atoms. The predicted octanol–water partition coefficient (Wildman–Crippen LogP) is -4.31. The molecule has 13 heteroatoms. The van der Waals surface area contributed by atoms with E-state index in [0.717, 1.165) is 0 Å². The highest BCUT2D eigenvalue weighted by molar-refractivity contribution is 5.84. The number of hydrogen-bond donors (Lipinski definition) is 8. The van der Waals surface area contributed by atoms with Gasteiger partial charge in [0.25, 0.3) is 11.8 Å². The summed E-state index contributed by atoms with van der Waals surface area (Å²) in [6.45, 7) is 3.53. The van der Waals surface area contributed by atoms with Crippen LogP contribution >= 0.6 is 0 Å². The molecule has 0 aromatic carbocycles. The van der Waals surface area contributed by atoms with Gasteiger partial charge in [0.2, 0.25) is 0 Å². The van der Waals surface area contributed by atoms with Gasteiger partial charge in [-0.05, 0) is 12.8 Å². The molecule has 2 heterocycles. The maximum Gasteiger partial charge on any atom is 0.314 e. The van der Waals surface area contributed by atoms with Crippen molar-refractivity contribution in [2.24, 2.45) is 0 Å². The van der Waals surface area contributed by atoms with Crippen molar-refractivity contribution >= 4 is 17.8 Å². The second-order valence-electron chi connectivity index (χ2n) is 8.14. The van der Waals surface area contributed by atoms with Gasteiger partial charge in [-0.3, -0.25) is 9.59 Å². The Bertz CT molecular complexity index is 627. The van der Waals surface area contributed by atoms with Gasteiger partial charge >= 0.3 is 6.03 Å². The van der Waals surface area contributed by atoms with Gasteiger partial charge in [-0.2, -0.15) is 0 Å². The molecule has 0 bridgehead atoms. The number of likely N-dealkylation sites (tertiary alicyclic amines) is 2. The number of carbonyl (C=O) groups excluding carboxylic acids is 3. The van der Waals surface area contributed by atoms with E-state index in [1.54, 1.807) is 13.8 Å². The van der Waals surface area contributed by atoms with E-state index in [9.17, 15) is 45.0 Å². The van der Waals surface area contributed by atoms with Gasteiger partial charge in [0.05, 0.1) is 12.1 Å². The third-order valence-electron chi connectivity index (χ3n) is 5.88. The Labute approximate surface area is 185 Å². The average Bonchev–Trinajstić information content (AvgIpc) is 2.77. The zero-order chi connectivity index (χ0) is 24.2. The molecule has 0 unspecified atom stereocenters. The number of nitrogens with one attached hydrogen (secondary N) is 2. The fraction of sp³-hybridized carbons (Fsp3) is 0.842. The van der Waals surface area contributed by atoms with E-state index in [4.69, 9.17) is 0 Å². The van der Waals surface area contributed by atoms with E-state index in [1.807, 2.05) is 0 Å². The quantitative estimate of drug-likeness (QED) is 0.175. The van der Waals surface area contributed by atoms with Crippen LogP contribution in [0.4, 0.5) is 4.79 Å². The number of amides is 4. The summed E-state index contributed by atoms with van der Waals surface area (Å²) in [5, 5.41) is 64.9. The lowest BCUT2D eigenvalue weighted by Crippen LogP contribution is -2.68. The fourth-order valence-electron chi connectivity index (χ4n) is 4.11. The molecule has 0 radical (unpaired) electrons. The van der Waals surface area contributed by atoms with Crippen molar-refractivity contribution in [2.45, 2.75) is 75.4 Å². The van der Waals surface area contributed by atoms with E-state index >= 15 is 0 Å². The van der Waals surface area contributed by atoms with Crippen molar-refractivity contribution in [3.63, 3.8) is 0 Å². The minimum absolute atomic E-state index is 0.205. The van der Waals surface area contributed by atoms with Crippen LogP contribution in [-0.4, -0.2) is 133 Å². The maximum absolute atomic E-state index is 12.3. The molecule has 2 rings (SSSR count). The highest BCUT2D eigenvalue weighted by Gasteiger charge is 2.47. The smallest absolute Gasteiger partial charge is 0.314 e. The van der Waals surface area contributed by atoms with E-state index in [-0.39, 0.29) is 26.2 Å². The molecule has 8 N–H and O–H groups in total. The highest BCUT2D eigenvalue weighted by atomic mass is 16.4. The van der Waals surface area contributed by atoms with Gasteiger partial charge in [-0.25, -0.2) is 4.79 Å². The van der Waals surface area contributed by atoms with Crippen LogP contribution in [0.1, 0.15) is 26.7 Å². The third-order valence-corrected chi connectivity index (χ3v) is 5.88. The Morgan fingerprint density at radius 3 is 1.38 bits per heavy atom. The zero-order valence-electron chi connectivity index (χ0n) is 18.2. The van der Waals surface area contributed by atoms with Crippen molar-refractivity contribution in [3.05, 3.63) is 0 Å². The normalized spacial score (nSPS) is 35.8. The summed E-state index contributed by atoms with van der Waals surface area (Å²) in [5.74, 6) is -1.49. The third kappa shape index (κ3) is 5.30. The molecular formula is C19H34N4O9. The standard InChI is InChI=1S/C19H34N4O9/c1-3-5-22-9(11(24)13(26)15(28)17(22)30)7-20-19(32)21-8-10-12(25)14(27)16(29)18(31)23(10)6-4-2/h9-16,24-29H,3-8H2,1-2H3,(H2,20,21,32)/t9-,10-,11-,12-,13+,14+,15-,16-/m1/s1. The number of hydrogen-bond acceptors (Lipinski definition) is 9. The number of piperidine rings is 2. The topological polar surface area (TPSA) is 203 Å². The summed E-state index contributed by atoms with van der Waals surface area (Å²) in [7, 11) is 0. The van der Waals surface area contributed by atoms with Gasteiger partial charge < -0.3 is 51.1 Å². The van der Waals surface area contributed by atoms with Gasteiger partial charge in [0, 0.05) is 26.2 Å². The number of rotatable bonds is 8. The monoisotopic (exact) mass is 462 g/mol. The lowest BCUT2D eigenvalue weighted by atomic mass is 9.92. The number of carbonyl (C=O) groups is 3. The molecule has 0 aromatic heterocycles. The van der Waals surface area contributed by atoms with Gasteiger partial charge in [-0.1, -0.05) is 13.8 Å². The lowest BCUT2D eigenvalue weighted by Gasteiger charge is -2.44. The molecule has 2 fully saturated rings. The van der Waals surface area contributed by atoms with Crippen LogP contribution in [0.5, 0.6) is 0 Å². The Morgan fingerprint density at radius 1 is 0.719 bits per heavy atom. The van der Waals surface area contributed by atoms with Crippen LogP contribution < -0.4 is 10.6 Å². The first-order valence-corrected chi connectivity index (χ1v) is 10.8. The van der Waals surface area contributed by atoms with Crippen LogP contribution in [0.3, 0.4) is 0 Å². The van der Waals surface area contributed by atoms with Crippen molar-refractivity contribution in [2.75, 3.05) is 26.2 Å². The largest absolute Gasteiger partial charge is 0.388 e. The Hall–Kier alpha value is -2.03. The Kier molecular flexibility index (Phi) is 9.18. The molecule has 0 aliphatic carbocycles. The molecule has 0 saturated carbocycles. The summed E-state index contributed by atoms with van der Waals surface area (Å²) in [5.41, 5.74) is 0. The van der Waals surface area contributed by atoms with E-state index < -0.39 is 66.6 Å². The molecular weight excluding hydrogens is 428 g/mol. The van der Waals surface area contributed by atoms with E-state index in [2.05, 4.69) is 10.6 Å². The lowest BCUT2D eigenvalue weighted by molar-refractivity contribution is -0.175. The zero-order valence-corrected chi connectivity index (χ0v) is 18.2. The highest BCUT2D eigenvalue weighted by Crippen LogP contribution is 2.21. The van der Waals surface area contributed by atoms with Crippen molar-refractivity contribution in [3.8, 4) is 0 Å². The molecule has 0 spiro atoms. The second-order valence-corrected chi connectivity index (χ2v) is 8.14. The molecule has 2 aliphatic heterocycles. The molecule has 0 aromatic rings. The molecule has 2 aliphatic rings. The Balaban J connectivity index is 1.99. The van der Waals surface area contributed by atoms with E-state index in [0.29, 0.717) is 12.8 Å². The molecule has 184 valence electrons. The average molecular weight is 463 g/mol. The van der Waals surface area contributed by atoms with Crippen LogP contribution in [0.15, 0.2) is 0 Å².